The molecule has 0 aliphatic heterocycles. The second-order valence-corrected chi connectivity index (χ2v) is 5.64. The van der Waals surface area contributed by atoms with E-state index in [1.54, 1.807) is 36.4 Å². The van der Waals surface area contributed by atoms with Gasteiger partial charge in [0.1, 0.15) is 18.1 Å². The van der Waals surface area contributed by atoms with Gasteiger partial charge in [0.15, 0.2) is 6.29 Å². The molecule has 0 unspecified atom stereocenters. The Hall–Kier alpha value is -1.99. The lowest BCUT2D eigenvalue weighted by atomic mass is 10.3. The monoisotopic (exact) mass is 385 g/mol. The molecule has 0 saturated heterocycles. The second kappa shape index (κ2) is 9.48. The summed E-state index contributed by atoms with van der Waals surface area (Å²) in [7, 11) is 3.04. The van der Waals surface area contributed by atoms with Gasteiger partial charge in [-0.25, -0.2) is 4.79 Å². The lowest BCUT2D eigenvalue weighted by Crippen LogP contribution is -2.22. The highest BCUT2D eigenvalue weighted by molar-refractivity contribution is 6.42. The van der Waals surface area contributed by atoms with E-state index in [-0.39, 0.29) is 6.61 Å². The van der Waals surface area contributed by atoms with E-state index in [2.05, 4.69) is 5.32 Å². The van der Waals surface area contributed by atoms with Crippen molar-refractivity contribution in [2.45, 2.75) is 6.29 Å². The molecule has 2 aromatic carbocycles. The van der Waals surface area contributed by atoms with Gasteiger partial charge in [-0.05, 0) is 30.3 Å². The molecule has 1 N–H and O–H groups in total. The van der Waals surface area contributed by atoms with Crippen molar-refractivity contribution in [2.75, 3.05) is 26.1 Å². The SMILES string of the molecule is COC(COc1cccc(OC(=O)Nc2ccc(Cl)c(Cl)c2)c1)OC. The van der Waals surface area contributed by atoms with Crippen molar-refractivity contribution in [1.82, 2.24) is 0 Å². The Bertz CT molecular complexity index is 722. The normalized spacial score (nSPS) is 10.6. The van der Waals surface area contributed by atoms with Crippen molar-refractivity contribution in [3.8, 4) is 11.5 Å². The number of nitrogens with one attached hydrogen (secondary N) is 1. The number of ether oxygens (including phenoxy) is 4. The van der Waals surface area contributed by atoms with E-state index in [9.17, 15) is 4.79 Å². The highest BCUT2D eigenvalue weighted by atomic mass is 35.5. The summed E-state index contributed by atoms with van der Waals surface area (Å²) in [6.45, 7) is 0.200. The summed E-state index contributed by atoms with van der Waals surface area (Å²) in [5.74, 6) is 0.834. The maximum Gasteiger partial charge on any atom is 0.417 e. The van der Waals surface area contributed by atoms with E-state index in [0.717, 1.165) is 0 Å². The van der Waals surface area contributed by atoms with Crippen LogP contribution in [0, 0.1) is 0 Å². The Balaban J connectivity index is 1.94. The Kier molecular flexibility index (Phi) is 7.33. The van der Waals surface area contributed by atoms with E-state index in [1.807, 2.05) is 0 Å². The maximum absolute atomic E-state index is 12.0. The molecule has 0 saturated carbocycles. The molecule has 134 valence electrons. The molecular formula is C17H17Cl2NO5. The molecule has 6 nitrogen and oxygen atoms in total. The number of anilines is 1. The largest absolute Gasteiger partial charge is 0.488 e. The summed E-state index contributed by atoms with van der Waals surface area (Å²) >= 11 is 11.7. The minimum atomic E-state index is -0.665. The first-order valence-corrected chi connectivity index (χ1v) is 7.99. The zero-order chi connectivity index (χ0) is 18.2. The molecule has 2 aromatic rings. The maximum atomic E-state index is 12.0. The van der Waals surface area contributed by atoms with Gasteiger partial charge in [-0.15, -0.1) is 0 Å². The molecule has 0 aliphatic rings. The van der Waals surface area contributed by atoms with Crippen molar-refractivity contribution in [1.29, 1.82) is 0 Å². The molecular weight excluding hydrogens is 369 g/mol. The molecule has 0 heterocycles. The summed E-state index contributed by atoms with van der Waals surface area (Å²) in [6, 6.07) is 11.4. The van der Waals surface area contributed by atoms with Crippen LogP contribution in [0.2, 0.25) is 10.0 Å². The Labute approximate surface area is 155 Å². The molecule has 0 bridgehead atoms. The number of rotatable bonds is 7. The average molecular weight is 386 g/mol. The second-order valence-electron chi connectivity index (χ2n) is 4.83. The van der Waals surface area contributed by atoms with Crippen molar-refractivity contribution in [3.05, 3.63) is 52.5 Å². The third-order valence-corrected chi connectivity index (χ3v) is 3.83. The van der Waals surface area contributed by atoms with Crippen LogP contribution in [-0.2, 0) is 9.47 Å². The van der Waals surface area contributed by atoms with Crippen LogP contribution in [0.15, 0.2) is 42.5 Å². The smallest absolute Gasteiger partial charge is 0.417 e. The number of carbonyl (C=O) groups excluding carboxylic acids is 1. The van der Waals surface area contributed by atoms with Crippen LogP contribution in [0.4, 0.5) is 10.5 Å². The predicted molar refractivity (Wildman–Crippen MR) is 95.9 cm³/mol. The standard InChI is InChI=1S/C17H17Cl2NO5/c1-22-16(23-2)10-24-12-4-3-5-13(9-12)25-17(21)20-11-6-7-14(18)15(19)8-11/h3-9,16H,10H2,1-2H3,(H,20,21). The van der Waals surface area contributed by atoms with E-state index in [0.29, 0.717) is 27.2 Å². The van der Waals surface area contributed by atoms with Gasteiger partial charge in [-0.3, -0.25) is 5.32 Å². The molecule has 0 spiro atoms. The fourth-order valence-corrected chi connectivity index (χ4v) is 2.15. The quantitative estimate of drug-likeness (QED) is 0.705. The molecule has 0 radical (unpaired) electrons. The highest BCUT2D eigenvalue weighted by Crippen LogP contribution is 2.25. The molecule has 25 heavy (non-hydrogen) atoms. The lowest BCUT2D eigenvalue weighted by Gasteiger charge is -2.14. The number of methoxy groups -OCH3 is 2. The van der Waals surface area contributed by atoms with Gasteiger partial charge in [0.05, 0.1) is 10.0 Å². The molecule has 1 amide bonds. The van der Waals surface area contributed by atoms with Crippen molar-refractivity contribution in [2.24, 2.45) is 0 Å². The van der Waals surface area contributed by atoms with E-state index < -0.39 is 12.4 Å². The zero-order valence-electron chi connectivity index (χ0n) is 13.6. The first kappa shape index (κ1) is 19.3. The fourth-order valence-electron chi connectivity index (χ4n) is 1.85. The molecule has 2 rings (SSSR count). The zero-order valence-corrected chi connectivity index (χ0v) is 15.1. The number of hydrogen-bond donors (Lipinski definition) is 1. The van der Waals surface area contributed by atoms with Gasteiger partial charge in [-0.2, -0.15) is 0 Å². The third kappa shape index (κ3) is 6.10. The van der Waals surface area contributed by atoms with Crippen LogP contribution in [0.5, 0.6) is 11.5 Å². The van der Waals surface area contributed by atoms with Gasteiger partial charge in [0.25, 0.3) is 0 Å². The Morgan fingerprint density at radius 3 is 2.44 bits per heavy atom. The molecule has 0 aliphatic carbocycles. The first-order chi connectivity index (χ1) is 12.0. The minimum Gasteiger partial charge on any atom is -0.488 e. The first-order valence-electron chi connectivity index (χ1n) is 7.24. The molecule has 0 fully saturated rings. The fraction of sp³-hybridized carbons (Fsp3) is 0.235. The van der Waals surface area contributed by atoms with Gasteiger partial charge in [0, 0.05) is 26.0 Å². The molecule has 8 heteroatoms. The summed E-state index contributed by atoms with van der Waals surface area (Å²) in [4.78, 5) is 12.0. The summed E-state index contributed by atoms with van der Waals surface area (Å²) in [5, 5.41) is 3.29. The Morgan fingerprint density at radius 1 is 1.04 bits per heavy atom. The van der Waals surface area contributed by atoms with Crippen molar-refractivity contribution in [3.63, 3.8) is 0 Å². The van der Waals surface area contributed by atoms with Gasteiger partial charge >= 0.3 is 6.09 Å². The lowest BCUT2D eigenvalue weighted by molar-refractivity contribution is -0.121. The number of halogens is 2. The number of carbonyl (C=O) groups is 1. The third-order valence-electron chi connectivity index (χ3n) is 3.09. The van der Waals surface area contributed by atoms with E-state index >= 15 is 0 Å². The average Bonchev–Trinajstić information content (AvgIpc) is 2.59. The van der Waals surface area contributed by atoms with Gasteiger partial charge in [-0.1, -0.05) is 29.3 Å². The summed E-state index contributed by atoms with van der Waals surface area (Å²) in [5.41, 5.74) is 0.467. The van der Waals surface area contributed by atoms with Crippen LogP contribution in [0.1, 0.15) is 0 Å². The number of hydrogen-bond acceptors (Lipinski definition) is 5. The molecule has 0 aromatic heterocycles. The van der Waals surface area contributed by atoms with Crippen LogP contribution < -0.4 is 14.8 Å². The van der Waals surface area contributed by atoms with Gasteiger partial charge in [0.2, 0.25) is 0 Å². The minimum absolute atomic E-state index is 0.200. The number of benzene rings is 2. The number of amides is 1. The Morgan fingerprint density at radius 2 is 1.76 bits per heavy atom. The van der Waals surface area contributed by atoms with Crippen LogP contribution in [-0.4, -0.2) is 33.2 Å². The van der Waals surface area contributed by atoms with E-state index in [4.69, 9.17) is 42.1 Å². The van der Waals surface area contributed by atoms with Crippen LogP contribution in [0.3, 0.4) is 0 Å². The topological polar surface area (TPSA) is 66.0 Å². The van der Waals surface area contributed by atoms with Crippen molar-refractivity contribution >= 4 is 35.0 Å². The predicted octanol–water partition coefficient (Wildman–Crippen LogP) is 4.60. The summed E-state index contributed by atoms with van der Waals surface area (Å²) < 4.78 is 20.8. The summed E-state index contributed by atoms with van der Waals surface area (Å²) in [6.07, 6.45) is -1.15. The van der Waals surface area contributed by atoms with Crippen LogP contribution in [0.25, 0.3) is 0 Å². The van der Waals surface area contributed by atoms with E-state index in [1.165, 1.54) is 20.3 Å². The highest BCUT2D eigenvalue weighted by Gasteiger charge is 2.09. The molecule has 0 atom stereocenters. The van der Waals surface area contributed by atoms with Crippen LogP contribution >= 0.6 is 23.2 Å². The van der Waals surface area contributed by atoms with Crippen molar-refractivity contribution < 1.29 is 23.7 Å². The van der Waals surface area contributed by atoms with Gasteiger partial charge < -0.3 is 18.9 Å².